The molecule has 100 valence electrons. The summed E-state index contributed by atoms with van der Waals surface area (Å²) in [5.41, 5.74) is -0.256. The Morgan fingerprint density at radius 1 is 1.50 bits per heavy atom. The number of alkyl halides is 1. The molecule has 1 rings (SSSR count). The van der Waals surface area contributed by atoms with Gasteiger partial charge in [0.15, 0.2) is 0 Å². The summed E-state index contributed by atoms with van der Waals surface area (Å²) in [6, 6.07) is 4.71. The van der Waals surface area contributed by atoms with Crippen LogP contribution >= 0.6 is 31.9 Å². The first-order valence-corrected chi connectivity index (χ1v) is 7.67. The van der Waals surface area contributed by atoms with Gasteiger partial charge in [-0.25, -0.2) is 4.39 Å². The van der Waals surface area contributed by atoms with Crippen LogP contribution in [0.15, 0.2) is 22.7 Å². The Morgan fingerprint density at radius 2 is 2.17 bits per heavy atom. The predicted molar refractivity (Wildman–Crippen MR) is 78.7 cm³/mol. The molecule has 18 heavy (non-hydrogen) atoms. The lowest BCUT2D eigenvalue weighted by atomic mass is 9.95. The van der Waals surface area contributed by atoms with E-state index in [9.17, 15) is 9.18 Å². The van der Waals surface area contributed by atoms with E-state index in [1.165, 1.54) is 6.07 Å². The summed E-state index contributed by atoms with van der Waals surface area (Å²) in [5, 5.41) is 3.69. The Kier molecular flexibility index (Phi) is 5.79. The van der Waals surface area contributed by atoms with Crippen LogP contribution in [-0.2, 0) is 0 Å². The molecule has 0 aliphatic carbocycles. The van der Waals surface area contributed by atoms with E-state index in [0.29, 0.717) is 4.47 Å². The molecule has 1 unspecified atom stereocenters. The Balaban J connectivity index is 2.91. The van der Waals surface area contributed by atoms with Crippen LogP contribution in [0.25, 0.3) is 0 Å². The first kappa shape index (κ1) is 15.6. The van der Waals surface area contributed by atoms with Gasteiger partial charge in [-0.3, -0.25) is 4.79 Å². The van der Waals surface area contributed by atoms with Crippen molar-refractivity contribution in [1.82, 2.24) is 5.32 Å². The average molecular weight is 381 g/mol. The SMILES string of the molecule is CCC(C)(CCBr)NC(=O)c1cccc(Br)c1F. The summed E-state index contributed by atoms with van der Waals surface area (Å²) in [4.78, 5) is 12.1. The summed E-state index contributed by atoms with van der Waals surface area (Å²) in [5.74, 6) is -0.897. The Bertz CT molecular complexity index is 439. The fourth-order valence-electron chi connectivity index (χ4n) is 1.56. The number of carbonyl (C=O) groups is 1. The van der Waals surface area contributed by atoms with Gasteiger partial charge in [-0.15, -0.1) is 0 Å². The van der Waals surface area contributed by atoms with E-state index in [2.05, 4.69) is 37.2 Å². The lowest BCUT2D eigenvalue weighted by Gasteiger charge is -2.29. The predicted octanol–water partition coefficient (Wildman–Crippen LogP) is 4.27. The van der Waals surface area contributed by atoms with Gasteiger partial charge in [0, 0.05) is 10.9 Å². The molecule has 0 bridgehead atoms. The van der Waals surface area contributed by atoms with Gasteiger partial charge in [-0.1, -0.05) is 28.9 Å². The summed E-state index contributed by atoms with van der Waals surface area (Å²) < 4.78 is 14.1. The maximum Gasteiger partial charge on any atom is 0.254 e. The molecule has 1 aromatic carbocycles. The van der Waals surface area contributed by atoms with Crippen LogP contribution in [0.4, 0.5) is 4.39 Å². The molecule has 1 atom stereocenters. The van der Waals surface area contributed by atoms with Crippen molar-refractivity contribution in [3.05, 3.63) is 34.1 Å². The van der Waals surface area contributed by atoms with Crippen molar-refractivity contribution in [2.24, 2.45) is 0 Å². The molecule has 1 aromatic rings. The van der Waals surface area contributed by atoms with Crippen molar-refractivity contribution >= 4 is 37.8 Å². The molecule has 0 aromatic heterocycles. The smallest absolute Gasteiger partial charge is 0.254 e. The van der Waals surface area contributed by atoms with Crippen molar-refractivity contribution in [1.29, 1.82) is 0 Å². The van der Waals surface area contributed by atoms with E-state index in [1.807, 2.05) is 13.8 Å². The quantitative estimate of drug-likeness (QED) is 0.759. The molecule has 2 nitrogen and oxygen atoms in total. The third-order valence-electron chi connectivity index (χ3n) is 3.04. The molecular weight excluding hydrogens is 365 g/mol. The van der Waals surface area contributed by atoms with E-state index in [1.54, 1.807) is 12.1 Å². The van der Waals surface area contributed by atoms with Crippen LogP contribution in [0.5, 0.6) is 0 Å². The molecular formula is C13H16Br2FNO. The molecule has 5 heteroatoms. The highest BCUT2D eigenvalue weighted by Gasteiger charge is 2.25. The fourth-order valence-corrected chi connectivity index (χ4v) is 2.80. The number of halogens is 3. The van der Waals surface area contributed by atoms with Crippen LogP contribution in [0.1, 0.15) is 37.0 Å². The minimum absolute atomic E-state index is 0.0682. The molecule has 0 radical (unpaired) electrons. The second-order valence-electron chi connectivity index (χ2n) is 4.41. The van der Waals surface area contributed by atoms with Crippen LogP contribution in [-0.4, -0.2) is 16.8 Å². The summed E-state index contributed by atoms with van der Waals surface area (Å²) in [6.45, 7) is 3.96. The number of nitrogens with one attached hydrogen (secondary N) is 1. The molecule has 1 N–H and O–H groups in total. The third-order valence-corrected chi connectivity index (χ3v) is 4.05. The van der Waals surface area contributed by atoms with Gasteiger partial charge in [-0.05, 0) is 47.8 Å². The topological polar surface area (TPSA) is 29.1 Å². The summed E-state index contributed by atoms with van der Waals surface area (Å²) in [7, 11) is 0. The van der Waals surface area contributed by atoms with Crippen molar-refractivity contribution in [2.45, 2.75) is 32.2 Å². The molecule has 0 heterocycles. The Hall–Kier alpha value is -0.420. The van der Waals surface area contributed by atoms with E-state index in [4.69, 9.17) is 0 Å². The number of benzene rings is 1. The number of carbonyl (C=O) groups excluding carboxylic acids is 1. The van der Waals surface area contributed by atoms with Gasteiger partial charge in [-0.2, -0.15) is 0 Å². The summed E-state index contributed by atoms with van der Waals surface area (Å²) in [6.07, 6.45) is 1.59. The zero-order valence-corrected chi connectivity index (χ0v) is 13.6. The second kappa shape index (κ2) is 6.66. The first-order chi connectivity index (χ1) is 8.43. The Morgan fingerprint density at radius 3 is 2.72 bits per heavy atom. The fraction of sp³-hybridized carbons (Fsp3) is 0.462. The molecule has 1 amide bonds. The average Bonchev–Trinajstić information content (AvgIpc) is 2.32. The van der Waals surface area contributed by atoms with Crippen LogP contribution in [0.3, 0.4) is 0 Å². The third kappa shape index (κ3) is 3.79. The maximum absolute atomic E-state index is 13.8. The maximum atomic E-state index is 13.8. The zero-order valence-electron chi connectivity index (χ0n) is 10.4. The van der Waals surface area contributed by atoms with E-state index in [-0.39, 0.29) is 17.0 Å². The molecule has 0 spiro atoms. The number of rotatable bonds is 5. The number of amides is 1. The van der Waals surface area contributed by atoms with Gasteiger partial charge >= 0.3 is 0 Å². The molecule has 0 aliphatic rings. The van der Waals surface area contributed by atoms with E-state index in [0.717, 1.165) is 18.2 Å². The lowest BCUT2D eigenvalue weighted by Crippen LogP contribution is -2.46. The normalized spacial score (nSPS) is 14.1. The minimum Gasteiger partial charge on any atom is -0.347 e. The second-order valence-corrected chi connectivity index (χ2v) is 6.06. The van der Waals surface area contributed by atoms with Crippen LogP contribution in [0.2, 0.25) is 0 Å². The van der Waals surface area contributed by atoms with Crippen LogP contribution < -0.4 is 5.32 Å². The van der Waals surface area contributed by atoms with E-state index >= 15 is 0 Å². The number of hydrogen-bond acceptors (Lipinski definition) is 1. The van der Waals surface area contributed by atoms with Crippen molar-refractivity contribution < 1.29 is 9.18 Å². The van der Waals surface area contributed by atoms with E-state index < -0.39 is 5.82 Å². The zero-order chi connectivity index (χ0) is 13.8. The first-order valence-electron chi connectivity index (χ1n) is 5.76. The highest BCUT2D eigenvalue weighted by atomic mass is 79.9. The van der Waals surface area contributed by atoms with Crippen molar-refractivity contribution in [3.8, 4) is 0 Å². The minimum atomic E-state index is -0.521. The van der Waals surface area contributed by atoms with Crippen molar-refractivity contribution in [2.75, 3.05) is 5.33 Å². The van der Waals surface area contributed by atoms with Gasteiger partial charge < -0.3 is 5.32 Å². The molecule has 0 aliphatic heterocycles. The highest BCUT2D eigenvalue weighted by Crippen LogP contribution is 2.21. The molecule has 0 saturated heterocycles. The largest absolute Gasteiger partial charge is 0.347 e. The highest BCUT2D eigenvalue weighted by molar-refractivity contribution is 9.10. The summed E-state index contributed by atoms with van der Waals surface area (Å²) >= 11 is 6.44. The standard InChI is InChI=1S/C13H16Br2FNO/c1-3-13(2,7-8-14)17-12(18)9-5-4-6-10(15)11(9)16/h4-6H,3,7-8H2,1-2H3,(H,17,18). The van der Waals surface area contributed by atoms with Gasteiger partial charge in [0.1, 0.15) is 5.82 Å². The molecule has 0 saturated carbocycles. The van der Waals surface area contributed by atoms with Gasteiger partial charge in [0.2, 0.25) is 0 Å². The lowest BCUT2D eigenvalue weighted by molar-refractivity contribution is 0.0897. The Labute approximate surface area is 124 Å². The van der Waals surface area contributed by atoms with Gasteiger partial charge in [0.25, 0.3) is 5.91 Å². The van der Waals surface area contributed by atoms with Crippen LogP contribution in [0, 0.1) is 5.82 Å². The van der Waals surface area contributed by atoms with Crippen molar-refractivity contribution in [3.63, 3.8) is 0 Å². The molecule has 0 fully saturated rings. The number of hydrogen-bond donors (Lipinski definition) is 1. The van der Waals surface area contributed by atoms with Gasteiger partial charge in [0.05, 0.1) is 10.0 Å². The monoisotopic (exact) mass is 379 g/mol.